The largest absolute Gasteiger partial charge is 0.478 e. The summed E-state index contributed by atoms with van der Waals surface area (Å²) in [6.07, 6.45) is 3.11. The molecule has 0 aliphatic carbocycles. The maximum absolute atomic E-state index is 14.5. The highest BCUT2D eigenvalue weighted by Gasteiger charge is 2.36. The minimum Gasteiger partial charge on any atom is -0.478 e. The van der Waals surface area contributed by atoms with Crippen molar-refractivity contribution in [2.24, 2.45) is 0 Å². The van der Waals surface area contributed by atoms with Gasteiger partial charge in [0.15, 0.2) is 0 Å². The first-order chi connectivity index (χ1) is 21.8. The van der Waals surface area contributed by atoms with Crippen molar-refractivity contribution >= 4 is 40.3 Å². The van der Waals surface area contributed by atoms with Gasteiger partial charge in [-0.3, -0.25) is 9.80 Å². The molecule has 7 rings (SSSR count). The molecule has 4 heterocycles. The first kappa shape index (κ1) is 29.7. The minimum atomic E-state index is -0.959. The summed E-state index contributed by atoms with van der Waals surface area (Å²) in [6.45, 7) is 4.54. The van der Waals surface area contributed by atoms with Crippen LogP contribution in [0.1, 0.15) is 46.6 Å². The van der Waals surface area contributed by atoms with E-state index >= 15 is 0 Å². The van der Waals surface area contributed by atoms with Gasteiger partial charge < -0.3 is 19.3 Å². The van der Waals surface area contributed by atoms with Gasteiger partial charge in [0.1, 0.15) is 11.6 Å². The molecule has 2 saturated heterocycles. The van der Waals surface area contributed by atoms with E-state index < -0.39 is 5.97 Å². The summed E-state index contributed by atoms with van der Waals surface area (Å²) in [5.41, 5.74) is 4.33. The summed E-state index contributed by atoms with van der Waals surface area (Å²) in [6, 6.07) is 17.7. The quantitative estimate of drug-likeness (QED) is 0.245. The number of anilines is 1. The number of ether oxygens (including phenoxy) is 1. The van der Waals surface area contributed by atoms with Crippen molar-refractivity contribution in [2.45, 2.75) is 57.5 Å². The molecule has 45 heavy (non-hydrogen) atoms. The van der Waals surface area contributed by atoms with Gasteiger partial charge in [-0.05, 0) is 73.2 Å². The number of carbonyl (C=O) groups is 2. The number of imidazole rings is 1. The number of carbonyl (C=O) groups excluding carboxylic acids is 1. The Morgan fingerprint density at radius 1 is 1.07 bits per heavy atom. The Hall–Kier alpha value is -3.99. The fourth-order valence-electron chi connectivity index (χ4n) is 6.73. The molecule has 1 atom stereocenters. The molecule has 2 amide bonds. The highest BCUT2D eigenvalue weighted by molar-refractivity contribution is 6.30. The lowest BCUT2D eigenvalue weighted by atomic mass is 10.00. The summed E-state index contributed by atoms with van der Waals surface area (Å²) in [5, 5.41) is 9.91. The lowest BCUT2D eigenvalue weighted by molar-refractivity contribution is -0.0592. The van der Waals surface area contributed by atoms with Gasteiger partial charge in [0.25, 0.3) is 0 Å². The van der Waals surface area contributed by atoms with Gasteiger partial charge in [-0.2, -0.15) is 0 Å². The van der Waals surface area contributed by atoms with E-state index in [2.05, 4.69) is 15.5 Å². The number of para-hydroxylation sites is 1. The van der Waals surface area contributed by atoms with Crippen LogP contribution in [0.4, 0.5) is 14.9 Å². The van der Waals surface area contributed by atoms with Gasteiger partial charge >= 0.3 is 12.0 Å². The van der Waals surface area contributed by atoms with E-state index in [1.165, 1.54) is 6.07 Å². The number of rotatable bonds is 9. The summed E-state index contributed by atoms with van der Waals surface area (Å²) in [5.74, 6) is -0.427. The van der Waals surface area contributed by atoms with Crippen molar-refractivity contribution in [1.29, 1.82) is 0 Å². The van der Waals surface area contributed by atoms with Crippen LogP contribution >= 0.6 is 11.6 Å². The number of aromatic nitrogens is 2. The number of hydrogen-bond donors (Lipinski definition) is 1. The van der Waals surface area contributed by atoms with Crippen molar-refractivity contribution < 1.29 is 23.8 Å². The molecule has 234 valence electrons. The molecule has 3 aromatic carbocycles. The van der Waals surface area contributed by atoms with Crippen LogP contribution in [0.25, 0.3) is 11.0 Å². The van der Waals surface area contributed by atoms with Gasteiger partial charge in [0, 0.05) is 43.9 Å². The van der Waals surface area contributed by atoms with E-state index in [4.69, 9.17) is 21.3 Å². The number of piperidine rings is 1. The Bertz CT molecular complexity index is 1750. The van der Waals surface area contributed by atoms with Crippen LogP contribution in [-0.2, 0) is 30.8 Å². The summed E-state index contributed by atoms with van der Waals surface area (Å²) < 4.78 is 22.4. The van der Waals surface area contributed by atoms with Gasteiger partial charge in [-0.15, -0.1) is 0 Å². The highest BCUT2D eigenvalue weighted by atomic mass is 35.5. The zero-order valence-corrected chi connectivity index (χ0v) is 25.6. The minimum absolute atomic E-state index is 0.0435. The maximum Gasteiger partial charge on any atom is 0.335 e. The molecule has 1 N–H and O–H groups in total. The van der Waals surface area contributed by atoms with Crippen LogP contribution in [0.3, 0.4) is 0 Å². The lowest BCUT2D eigenvalue weighted by Crippen LogP contribution is -2.54. The molecule has 0 saturated carbocycles. The number of likely N-dealkylation sites (tertiary alicyclic amines) is 1. The number of hydrogen-bond acceptors (Lipinski definition) is 5. The molecule has 3 aliphatic rings. The fraction of sp³-hybridized carbons (Fsp3) is 0.382. The van der Waals surface area contributed by atoms with E-state index in [0.29, 0.717) is 43.2 Å². The smallest absolute Gasteiger partial charge is 0.335 e. The Morgan fingerprint density at radius 2 is 1.87 bits per heavy atom. The third-order valence-corrected chi connectivity index (χ3v) is 9.57. The number of urea groups is 1. The maximum atomic E-state index is 14.5. The van der Waals surface area contributed by atoms with Crippen molar-refractivity contribution in [1.82, 2.24) is 19.4 Å². The zero-order chi connectivity index (χ0) is 31.1. The van der Waals surface area contributed by atoms with Crippen LogP contribution in [0.15, 0.2) is 60.7 Å². The lowest BCUT2D eigenvalue weighted by Gasteiger charge is -2.44. The van der Waals surface area contributed by atoms with Crippen molar-refractivity contribution in [3.8, 4) is 0 Å². The van der Waals surface area contributed by atoms with Crippen molar-refractivity contribution in [2.75, 3.05) is 31.1 Å². The number of aromatic carboxylic acids is 1. The SMILES string of the molecule is O=C(O)c1ccc2nc(CN3CCC(N4Cc5ccccc5N(CCc5ccc(Cl)cc5F)C4=O)CC3)n(CC3CCO3)c2c1. The Balaban J connectivity index is 1.05. The van der Waals surface area contributed by atoms with Crippen LogP contribution < -0.4 is 4.90 Å². The first-order valence-electron chi connectivity index (χ1n) is 15.5. The van der Waals surface area contributed by atoms with Gasteiger partial charge in [0.2, 0.25) is 0 Å². The molecular formula is C34H35ClFN5O4. The van der Waals surface area contributed by atoms with Crippen LogP contribution in [0, 0.1) is 5.82 Å². The van der Waals surface area contributed by atoms with E-state index in [-0.39, 0.29) is 29.6 Å². The zero-order valence-electron chi connectivity index (χ0n) is 24.9. The average Bonchev–Trinajstić information content (AvgIpc) is 3.35. The van der Waals surface area contributed by atoms with E-state index in [1.54, 1.807) is 35.2 Å². The number of benzene rings is 3. The number of halogens is 2. The fourth-order valence-corrected chi connectivity index (χ4v) is 6.89. The summed E-state index contributed by atoms with van der Waals surface area (Å²) in [4.78, 5) is 36.6. The van der Waals surface area contributed by atoms with E-state index in [0.717, 1.165) is 67.1 Å². The molecule has 11 heteroatoms. The van der Waals surface area contributed by atoms with E-state index in [9.17, 15) is 19.1 Å². The Morgan fingerprint density at radius 3 is 2.60 bits per heavy atom. The third-order valence-electron chi connectivity index (χ3n) is 9.34. The summed E-state index contributed by atoms with van der Waals surface area (Å²) >= 11 is 5.94. The van der Waals surface area contributed by atoms with Crippen LogP contribution in [0.2, 0.25) is 5.02 Å². The van der Waals surface area contributed by atoms with E-state index in [1.807, 2.05) is 23.1 Å². The van der Waals surface area contributed by atoms with Crippen molar-refractivity contribution in [3.63, 3.8) is 0 Å². The molecule has 2 fully saturated rings. The monoisotopic (exact) mass is 631 g/mol. The molecule has 1 unspecified atom stereocenters. The number of amides is 2. The molecule has 4 aromatic rings. The van der Waals surface area contributed by atoms with Gasteiger partial charge in [-0.25, -0.2) is 19.0 Å². The highest BCUT2D eigenvalue weighted by Crippen LogP contribution is 2.33. The number of fused-ring (bicyclic) bond motifs is 2. The second-order valence-corrected chi connectivity index (χ2v) is 12.5. The molecule has 3 aliphatic heterocycles. The predicted octanol–water partition coefficient (Wildman–Crippen LogP) is 5.97. The molecule has 1 aromatic heterocycles. The number of nitrogens with zero attached hydrogens (tertiary/aromatic N) is 5. The van der Waals surface area contributed by atoms with Gasteiger partial charge in [0.05, 0.1) is 41.5 Å². The molecule has 9 nitrogen and oxygen atoms in total. The van der Waals surface area contributed by atoms with Crippen LogP contribution in [-0.4, -0.2) is 74.8 Å². The van der Waals surface area contributed by atoms with Crippen LogP contribution in [0.5, 0.6) is 0 Å². The van der Waals surface area contributed by atoms with Crippen molar-refractivity contribution in [3.05, 3.63) is 94.0 Å². The number of carboxylic acids is 1. The second-order valence-electron chi connectivity index (χ2n) is 12.1. The standard InChI is InChI=1S/C34H35ClFN5O4/c35-25-7-5-22(28(36)18-25)9-15-39-30-4-2-1-3-24(30)19-40(34(39)44)26-10-13-38(14-11-26)21-32-37-29-8-6-23(33(42)43)17-31(29)41(32)20-27-12-16-45-27/h1-8,17-18,26-27H,9-16,19-21H2,(H,42,43). The second kappa shape index (κ2) is 12.4. The van der Waals surface area contributed by atoms with Gasteiger partial charge in [-0.1, -0.05) is 35.9 Å². The molecule has 0 radical (unpaired) electrons. The Labute approximate surface area is 265 Å². The molecule has 0 spiro atoms. The summed E-state index contributed by atoms with van der Waals surface area (Å²) in [7, 11) is 0. The molecular weight excluding hydrogens is 597 g/mol. The molecule has 0 bridgehead atoms. The average molecular weight is 632 g/mol. The topological polar surface area (TPSA) is 91.1 Å². The number of carboxylic acid groups (broad SMARTS) is 1. The normalized spacial score (nSPS) is 19.2. The predicted molar refractivity (Wildman–Crippen MR) is 169 cm³/mol. The Kier molecular flexibility index (Phi) is 8.20. The third kappa shape index (κ3) is 6.02. The first-order valence-corrected chi connectivity index (χ1v) is 15.9.